The molecule has 0 spiro atoms. The SMILES string of the molecule is CCC(=O)Nc1cc(C(=O)NCCOc2ccc(C(F)(F)F)cc2OC)cc(C)n1. The van der Waals surface area contributed by atoms with E-state index in [1.54, 1.807) is 19.9 Å². The summed E-state index contributed by atoms with van der Waals surface area (Å²) in [6.45, 7) is 3.50. The second-order valence-corrected chi connectivity index (χ2v) is 6.25. The molecule has 0 saturated carbocycles. The number of ether oxygens (including phenoxy) is 2. The van der Waals surface area contributed by atoms with Gasteiger partial charge in [0, 0.05) is 17.7 Å². The molecule has 0 unspecified atom stereocenters. The summed E-state index contributed by atoms with van der Waals surface area (Å²) in [5.74, 6) is -0.284. The van der Waals surface area contributed by atoms with Crippen molar-refractivity contribution in [2.24, 2.45) is 0 Å². The van der Waals surface area contributed by atoms with E-state index < -0.39 is 17.6 Å². The molecule has 1 aromatic heterocycles. The Labute approximate surface area is 171 Å². The zero-order valence-corrected chi connectivity index (χ0v) is 16.7. The number of anilines is 1. The summed E-state index contributed by atoms with van der Waals surface area (Å²) in [7, 11) is 1.24. The number of rotatable bonds is 8. The summed E-state index contributed by atoms with van der Waals surface area (Å²) in [5, 5.41) is 5.23. The van der Waals surface area contributed by atoms with Crippen LogP contribution in [0.4, 0.5) is 19.0 Å². The molecule has 1 aromatic carbocycles. The number of amides is 2. The van der Waals surface area contributed by atoms with Crippen molar-refractivity contribution in [3.05, 3.63) is 47.2 Å². The number of alkyl halides is 3. The van der Waals surface area contributed by atoms with Crippen LogP contribution in [0, 0.1) is 6.92 Å². The van der Waals surface area contributed by atoms with Crippen LogP contribution in [-0.4, -0.2) is 37.1 Å². The summed E-state index contributed by atoms with van der Waals surface area (Å²) < 4.78 is 48.7. The summed E-state index contributed by atoms with van der Waals surface area (Å²) in [4.78, 5) is 28.0. The highest BCUT2D eigenvalue weighted by Gasteiger charge is 2.31. The standard InChI is InChI=1S/C20H22F3N3O4/c1-4-18(27)26-17-10-13(9-12(2)25-17)19(28)24-7-8-30-15-6-5-14(20(21,22)23)11-16(15)29-3/h5-6,9-11H,4,7-8H2,1-3H3,(H,24,28)(H,25,26,27). The Morgan fingerprint density at radius 2 is 1.87 bits per heavy atom. The van der Waals surface area contributed by atoms with Crippen molar-refractivity contribution in [3.63, 3.8) is 0 Å². The number of nitrogens with zero attached hydrogens (tertiary/aromatic N) is 1. The average molecular weight is 425 g/mol. The number of halogens is 3. The molecule has 2 rings (SSSR count). The Kier molecular flexibility index (Phi) is 7.62. The molecule has 10 heteroatoms. The van der Waals surface area contributed by atoms with Crippen LogP contribution in [-0.2, 0) is 11.0 Å². The van der Waals surface area contributed by atoms with Crippen molar-refractivity contribution in [1.82, 2.24) is 10.3 Å². The third-order valence-electron chi connectivity index (χ3n) is 3.94. The number of aromatic nitrogens is 1. The Balaban J connectivity index is 1.95. The van der Waals surface area contributed by atoms with E-state index in [9.17, 15) is 22.8 Å². The van der Waals surface area contributed by atoms with Crippen molar-refractivity contribution in [2.45, 2.75) is 26.4 Å². The van der Waals surface area contributed by atoms with Crippen LogP contribution in [0.1, 0.15) is 35.0 Å². The molecule has 0 fully saturated rings. The number of hydrogen-bond acceptors (Lipinski definition) is 5. The van der Waals surface area contributed by atoms with Crippen LogP contribution in [0.2, 0.25) is 0 Å². The van der Waals surface area contributed by atoms with E-state index in [0.29, 0.717) is 11.3 Å². The van der Waals surface area contributed by atoms with Gasteiger partial charge in [-0.3, -0.25) is 9.59 Å². The maximum absolute atomic E-state index is 12.8. The number of pyridine rings is 1. The third-order valence-corrected chi connectivity index (χ3v) is 3.94. The van der Waals surface area contributed by atoms with E-state index in [-0.39, 0.29) is 42.8 Å². The lowest BCUT2D eigenvalue weighted by atomic mass is 10.2. The van der Waals surface area contributed by atoms with E-state index >= 15 is 0 Å². The van der Waals surface area contributed by atoms with Crippen molar-refractivity contribution in [1.29, 1.82) is 0 Å². The van der Waals surface area contributed by atoms with Crippen LogP contribution in [0.3, 0.4) is 0 Å². The van der Waals surface area contributed by atoms with Gasteiger partial charge in [0.25, 0.3) is 5.91 Å². The quantitative estimate of drug-likeness (QED) is 0.631. The molecular formula is C20H22F3N3O4. The zero-order valence-electron chi connectivity index (χ0n) is 16.7. The lowest BCUT2D eigenvalue weighted by Gasteiger charge is -2.14. The lowest BCUT2D eigenvalue weighted by Crippen LogP contribution is -2.28. The normalized spacial score (nSPS) is 11.0. The second-order valence-electron chi connectivity index (χ2n) is 6.25. The number of methoxy groups -OCH3 is 1. The Morgan fingerprint density at radius 3 is 2.50 bits per heavy atom. The van der Waals surface area contributed by atoms with E-state index in [1.807, 2.05) is 0 Å². The number of hydrogen-bond donors (Lipinski definition) is 2. The molecule has 0 atom stereocenters. The fourth-order valence-electron chi connectivity index (χ4n) is 2.49. The highest BCUT2D eigenvalue weighted by Crippen LogP contribution is 2.36. The van der Waals surface area contributed by atoms with E-state index in [0.717, 1.165) is 12.1 Å². The number of carbonyl (C=O) groups is 2. The molecule has 7 nitrogen and oxygen atoms in total. The summed E-state index contributed by atoms with van der Waals surface area (Å²) in [5.41, 5.74) is 0.0137. The molecule has 0 saturated heterocycles. The van der Waals surface area contributed by atoms with E-state index in [4.69, 9.17) is 9.47 Å². The molecule has 162 valence electrons. The Hall–Kier alpha value is -3.30. The first kappa shape index (κ1) is 23.0. The molecule has 30 heavy (non-hydrogen) atoms. The molecule has 0 aliphatic heterocycles. The first-order valence-electron chi connectivity index (χ1n) is 9.08. The van der Waals surface area contributed by atoms with Gasteiger partial charge in [-0.15, -0.1) is 0 Å². The smallest absolute Gasteiger partial charge is 0.416 e. The Morgan fingerprint density at radius 1 is 1.13 bits per heavy atom. The highest BCUT2D eigenvalue weighted by atomic mass is 19.4. The minimum absolute atomic E-state index is 0.0109. The molecule has 1 heterocycles. The predicted molar refractivity (Wildman–Crippen MR) is 104 cm³/mol. The number of aryl methyl sites for hydroxylation is 1. The van der Waals surface area contributed by atoms with Gasteiger partial charge >= 0.3 is 6.18 Å². The molecule has 0 aliphatic rings. The molecule has 0 aliphatic carbocycles. The minimum Gasteiger partial charge on any atom is -0.493 e. The van der Waals surface area contributed by atoms with Crippen LogP contribution in [0.5, 0.6) is 11.5 Å². The summed E-state index contributed by atoms with van der Waals surface area (Å²) in [6.07, 6.45) is -4.21. The third kappa shape index (κ3) is 6.36. The van der Waals surface area contributed by atoms with Crippen LogP contribution < -0.4 is 20.1 Å². The van der Waals surface area contributed by atoms with Crippen LogP contribution >= 0.6 is 0 Å². The number of benzene rings is 1. The van der Waals surface area contributed by atoms with Gasteiger partial charge in [0.2, 0.25) is 5.91 Å². The molecule has 0 bridgehead atoms. The first-order chi connectivity index (χ1) is 14.1. The molecular weight excluding hydrogens is 403 g/mol. The number of nitrogens with one attached hydrogen (secondary N) is 2. The zero-order chi connectivity index (χ0) is 22.3. The molecule has 2 amide bonds. The van der Waals surface area contributed by atoms with Crippen molar-refractivity contribution in [2.75, 3.05) is 25.6 Å². The summed E-state index contributed by atoms with van der Waals surface area (Å²) >= 11 is 0. The molecule has 2 N–H and O–H groups in total. The topological polar surface area (TPSA) is 89.6 Å². The van der Waals surface area contributed by atoms with Crippen molar-refractivity contribution >= 4 is 17.6 Å². The second kappa shape index (κ2) is 9.95. The predicted octanol–water partition coefficient (Wildman–Crippen LogP) is 3.57. The monoisotopic (exact) mass is 425 g/mol. The van der Waals surface area contributed by atoms with Gasteiger partial charge in [0.1, 0.15) is 12.4 Å². The van der Waals surface area contributed by atoms with Gasteiger partial charge in [-0.25, -0.2) is 4.98 Å². The fourth-order valence-corrected chi connectivity index (χ4v) is 2.49. The van der Waals surface area contributed by atoms with Crippen molar-refractivity contribution < 1.29 is 32.2 Å². The van der Waals surface area contributed by atoms with Crippen LogP contribution in [0.25, 0.3) is 0 Å². The van der Waals surface area contributed by atoms with Gasteiger partial charge in [-0.1, -0.05) is 6.92 Å². The fraction of sp³-hybridized carbons (Fsp3) is 0.350. The van der Waals surface area contributed by atoms with Crippen molar-refractivity contribution in [3.8, 4) is 11.5 Å². The van der Waals surface area contributed by atoms with Gasteiger partial charge in [0.15, 0.2) is 11.5 Å². The Bertz CT molecular complexity index is 917. The van der Waals surface area contributed by atoms with Gasteiger partial charge in [-0.05, 0) is 37.3 Å². The average Bonchev–Trinajstić information content (AvgIpc) is 2.69. The maximum Gasteiger partial charge on any atom is 0.416 e. The van der Waals surface area contributed by atoms with E-state index in [2.05, 4.69) is 15.6 Å². The van der Waals surface area contributed by atoms with E-state index in [1.165, 1.54) is 19.2 Å². The minimum atomic E-state index is -4.49. The molecule has 2 aromatic rings. The lowest BCUT2D eigenvalue weighted by molar-refractivity contribution is -0.137. The number of carbonyl (C=O) groups excluding carboxylic acids is 2. The van der Waals surface area contributed by atoms with Gasteiger partial charge < -0.3 is 20.1 Å². The highest BCUT2D eigenvalue weighted by molar-refractivity contribution is 5.96. The largest absolute Gasteiger partial charge is 0.493 e. The summed E-state index contributed by atoms with van der Waals surface area (Å²) in [6, 6.07) is 5.92. The maximum atomic E-state index is 12.8. The molecule has 0 radical (unpaired) electrons. The first-order valence-corrected chi connectivity index (χ1v) is 9.08. The van der Waals surface area contributed by atoms with Gasteiger partial charge in [0.05, 0.1) is 19.2 Å². The van der Waals surface area contributed by atoms with Gasteiger partial charge in [-0.2, -0.15) is 13.2 Å². The van der Waals surface area contributed by atoms with Crippen LogP contribution in [0.15, 0.2) is 30.3 Å².